The molecule has 2 heterocycles. The fraction of sp³-hybridized carbons (Fsp3) is 0.188. The molecule has 0 aliphatic rings. The molecule has 0 fully saturated rings. The SMILES string of the molecule is [C-]#[N+]c1cncc(CCc2ccc(CC(=O)C(=O)O)nc2)c1. The van der Waals surface area contributed by atoms with E-state index in [1.165, 1.54) is 6.20 Å². The van der Waals surface area contributed by atoms with Gasteiger partial charge in [-0.25, -0.2) is 9.64 Å². The van der Waals surface area contributed by atoms with Crippen LogP contribution in [0.1, 0.15) is 16.8 Å². The van der Waals surface area contributed by atoms with Crippen molar-refractivity contribution in [2.45, 2.75) is 19.3 Å². The zero-order valence-corrected chi connectivity index (χ0v) is 11.7. The van der Waals surface area contributed by atoms with Crippen molar-refractivity contribution in [2.75, 3.05) is 0 Å². The summed E-state index contributed by atoms with van der Waals surface area (Å²) in [6.45, 7) is 6.95. The van der Waals surface area contributed by atoms with Gasteiger partial charge in [0.1, 0.15) is 0 Å². The van der Waals surface area contributed by atoms with Crippen molar-refractivity contribution in [1.29, 1.82) is 0 Å². The van der Waals surface area contributed by atoms with Crippen molar-refractivity contribution < 1.29 is 14.7 Å². The second-order valence-corrected chi connectivity index (χ2v) is 4.73. The normalized spacial score (nSPS) is 9.95. The molecule has 2 rings (SSSR count). The van der Waals surface area contributed by atoms with Crippen LogP contribution < -0.4 is 0 Å². The molecule has 110 valence electrons. The lowest BCUT2D eigenvalue weighted by Gasteiger charge is -2.03. The summed E-state index contributed by atoms with van der Waals surface area (Å²) in [5, 5.41) is 8.55. The van der Waals surface area contributed by atoms with Gasteiger partial charge < -0.3 is 5.11 Å². The standard InChI is InChI=1S/C16H13N3O3/c1-17-14-6-12(8-18-10-14)3-2-11-4-5-13(19-9-11)7-15(20)16(21)22/h4-6,8-10H,2-3,7H2,(H,21,22). The van der Waals surface area contributed by atoms with Crippen LogP contribution in [0.4, 0.5) is 5.69 Å². The number of carbonyl (C=O) groups excluding carboxylic acids is 1. The molecule has 6 heteroatoms. The lowest BCUT2D eigenvalue weighted by atomic mass is 10.1. The summed E-state index contributed by atoms with van der Waals surface area (Å²) in [5.41, 5.74) is 2.89. The van der Waals surface area contributed by atoms with Crippen LogP contribution in [0.2, 0.25) is 0 Å². The van der Waals surface area contributed by atoms with Crippen LogP contribution in [-0.2, 0) is 28.9 Å². The Labute approximate surface area is 127 Å². The van der Waals surface area contributed by atoms with E-state index in [9.17, 15) is 9.59 Å². The topological polar surface area (TPSA) is 84.5 Å². The van der Waals surface area contributed by atoms with E-state index in [-0.39, 0.29) is 6.42 Å². The maximum Gasteiger partial charge on any atom is 0.372 e. The Balaban J connectivity index is 1.95. The average molecular weight is 295 g/mol. The van der Waals surface area contributed by atoms with E-state index in [0.29, 0.717) is 11.4 Å². The Bertz CT molecular complexity index is 733. The van der Waals surface area contributed by atoms with Crippen molar-refractivity contribution in [2.24, 2.45) is 0 Å². The summed E-state index contributed by atoms with van der Waals surface area (Å²) in [4.78, 5) is 33.0. The zero-order valence-electron chi connectivity index (χ0n) is 11.7. The lowest BCUT2D eigenvalue weighted by Crippen LogP contribution is -2.15. The maximum absolute atomic E-state index is 11.1. The maximum atomic E-state index is 11.1. The Morgan fingerprint density at radius 2 is 1.91 bits per heavy atom. The van der Waals surface area contributed by atoms with Gasteiger partial charge in [-0.3, -0.25) is 14.8 Å². The highest BCUT2D eigenvalue weighted by Gasteiger charge is 2.12. The molecule has 0 amide bonds. The molecule has 0 saturated carbocycles. The van der Waals surface area contributed by atoms with Gasteiger partial charge in [-0.15, -0.1) is 0 Å². The minimum atomic E-state index is -1.45. The van der Waals surface area contributed by atoms with Crippen LogP contribution in [0.3, 0.4) is 0 Å². The number of hydrogen-bond donors (Lipinski definition) is 1. The van der Waals surface area contributed by atoms with E-state index in [2.05, 4.69) is 14.8 Å². The number of carboxylic acids is 1. The van der Waals surface area contributed by atoms with Crippen LogP contribution in [0, 0.1) is 6.57 Å². The van der Waals surface area contributed by atoms with Crippen LogP contribution in [0.5, 0.6) is 0 Å². The van der Waals surface area contributed by atoms with Crippen LogP contribution in [0.25, 0.3) is 4.85 Å². The molecule has 0 bridgehead atoms. The van der Waals surface area contributed by atoms with Crippen LogP contribution in [-0.4, -0.2) is 26.8 Å². The van der Waals surface area contributed by atoms with Gasteiger partial charge in [0.05, 0.1) is 13.0 Å². The van der Waals surface area contributed by atoms with Gasteiger partial charge in [0, 0.05) is 24.3 Å². The Morgan fingerprint density at radius 1 is 1.14 bits per heavy atom. The number of ketones is 1. The molecule has 0 saturated heterocycles. The molecule has 1 N–H and O–H groups in total. The first-order chi connectivity index (χ1) is 10.6. The van der Waals surface area contributed by atoms with Gasteiger partial charge in [0.25, 0.3) is 0 Å². The van der Waals surface area contributed by atoms with Crippen molar-refractivity contribution in [3.63, 3.8) is 0 Å². The molecule has 0 unspecified atom stereocenters. The molecule has 22 heavy (non-hydrogen) atoms. The molecule has 2 aromatic heterocycles. The van der Waals surface area contributed by atoms with E-state index >= 15 is 0 Å². The van der Waals surface area contributed by atoms with E-state index in [0.717, 1.165) is 24.0 Å². The predicted octanol–water partition coefficient (Wildman–Crippen LogP) is 2.01. The minimum Gasteiger partial charge on any atom is -0.475 e. The third-order valence-electron chi connectivity index (χ3n) is 3.08. The number of hydrogen-bond acceptors (Lipinski definition) is 4. The number of aliphatic carboxylic acids is 1. The molecular formula is C16H13N3O3. The highest BCUT2D eigenvalue weighted by atomic mass is 16.4. The minimum absolute atomic E-state index is 0.202. The number of nitrogens with zero attached hydrogens (tertiary/aromatic N) is 3. The highest BCUT2D eigenvalue weighted by molar-refractivity contribution is 6.33. The third kappa shape index (κ3) is 4.21. The summed E-state index contributed by atoms with van der Waals surface area (Å²) in [5.74, 6) is -2.32. The van der Waals surface area contributed by atoms with Gasteiger partial charge >= 0.3 is 5.97 Å². The smallest absolute Gasteiger partial charge is 0.372 e. The van der Waals surface area contributed by atoms with Crippen molar-refractivity contribution in [3.8, 4) is 0 Å². The Morgan fingerprint density at radius 3 is 2.55 bits per heavy atom. The van der Waals surface area contributed by atoms with E-state index in [1.54, 1.807) is 24.5 Å². The van der Waals surface area contributed by atoms with E-state index in [4.69, 9.17) is 11.7 Å². The van der Waals surface area contributed by atoms with Gasteiger partial charge in [0.2, 0.25) is 11.5 Å². The van der Waals surface area contributed by atoms with Gasteiger partial charge in [-0.05, 0) is 30.0 Å². The number of carbonyl (C=O) groups is 2. The number of aryl methyl sites for hydroxylation is 2. The summed E-state index contributed by atoms with van der Waals surface area (Å²) >= 11 is 0. The lowest BCUT2D eigenvalue weighted by molar-refractivity contribution is -0.148. The third-order valence-corrected chi connectivity index (χ3v) is 3.08. The number of pyridine rings is 2. The Hall–Kier alpha value is -3.07. The largest absolute Gasteiger partial charge is 0.475 e. The average Bonchev–Trinajstić information content (AvgIpc) is 2.54. The molecule has 0 aliphatic carbocycles. The van der Waals surface area contributed by atoms with E-state index in [1.807, 2.05) is 6.07 Å². The first kappa shape index (κ1) is 15.3. The summed E-state index contributed by atoms with van der Waals surface area (Å²) in [7, 11) is 0. The van der Waals surface area contributed by atoms with Crippen molar-refractivity contribution >= 4 is 17.4 Å². The van der Waals surface area contributed by atoms with Crippen LogP contribution in [0.15, 0.2) is 36.8 Å². The molecule has 6 nitrogen and oxygen atoms in total. The second kappa shape index (κ2) is 7.09. The molecule has 0 radical (unpaired) electrons. The number of carboxylic acid groups (broad SMARTS) is 1. The Kier molecular flexibility index (Phi) is 4.94. The van der Waals surface area contributed by atoms with Gasteiger partial charge in [0.15, 0.2) is 0 Å². The first-order valence-corrected chi connectivity index (χ1v) is 6.60. The summed E-state index contributed by atoms with van der Waals surface area (Å²) < 4.78 is 0. The number of aromatic nitrogens is 2. The molecule has 0 aromatic carbocycles. The van der Waals surface area contributed by atoms with E-state index < -0.39 is 11.8 Å². The molecule has 0 aliphatic heterocycles. The number of rotatable bonds is 6. The molecule has 2 aromatic rings. The second-order valence-electron chi connectivity index (χ2n) is 4.73. The fourth-order valence-electron chi connectivity index (χ4n) is 1.91. The van der Waals surface area contributed by atoms with Crippen molar-refractivity contribution in [3.05, 3.63) is 65.0 Å². The first-order valence-electron chi connectivity index (χ1n) is 6.60. The molecule has 0 atom stereocenters. The summed E-state index contributed by atoms with van der Waals surface area (Å²) in [6, 6.07) is 5.28. The monoisotopic (exact) mass is 295 g/mol. The summed E-state index contributed by atoms with van der Waals surface area (Å²) in [6.07, 6.45) is 6.13. The van der Waals surface area contributed by atoms with Crippen LogP contribution >= 0.6 is 0 Å². The highest BCUT2D eigenvalue weighted by Crippen LogP contribution is 2.14. The predicted molar refractivity (Wildman–Crippen MR) is 78.5 cm³/mol. The quantitative estimate of drug-likeness (QED) is 0.651. The zero-order chi connectivity index (χ0) is 15.9. The number of Topliss-reactive ketones (excluding diaryl/α,β-unsaturated/α-hetero) is 1. The van der Waals surface area contributed by atoms with Gasteiger partial charge in [-0.1, -0.05) is 12.1 Å². The molecular weight excluding hydrogens is 282 g/mol. The molecule has 0 spiro atoms. The fourth-order valence-corrected chi connectivity index (χ4v) is 1.91. The van der Waals surface area contributed by atoms with Crippen molar-refractivity contribution in [1.82, 2.24) is 9.97 Å². The van der Waals surface area contributed by atoms with Gasteiger partial charge in [-0.2, -0.15) is 0 Å².